The van der Waals surface area contributed by atoms with Crippen LogP contribution in [0.1, 0.15) is 43.2 Å². The van der Waals surface area contributed by atoms with Crippen molar-refractivity contribution >= 4 is 11.7 Å². The first-order chi connectivity index (χ1) is 19.9. The molecule has 41 heavy (non-hydrogen) atoms. The Balaban J connectivity index is 1.54. The molecule has 0 aliphatic carbocycles. The average Bonchev–Trinajstić information content (AvgIpc) is 2.97. The number of carbonyl (C=O) groups is 1. The number of nitrogens with zero attached hydrogens (tertiary/aromatic N) is 2. The van der Waals surface area contributed by atoms with Gasteiger partial charge in [-0.2, -0.15) is 5.26 Å². The summed E-state index contributed by atoms with van der Waals surface area (Å²) in [6, 6.07) is 18.0. The third kappa shape index (κ3) is 6.67. The van der Waals surface area contributed by atoms with Gasteiger partial charge in [0.1, 0.15) is 23.1 Å². The molecular weight excluding hydrogens is 530 g/mol. The van der Waals surface area contributed by atoms with E-state index in [0.717, 1.165) is 24.8 Å². The molecule has 4 rings (SSSR count). The molecule has 1 unspecified atom stereocenters. The van der Waals surface area contributed by atoms with Gasteiger partial charge in [0.15, 0.2) is 23.9 Å². The van der Waals surface area contributed by atoms with E-state index in [1.54, 1.807) is 37.4 Å². The second-order valence-corrected chi connectivity index (χ2v) is 9.08. The summed E-state index contributed by atoms with van der Waals surface area (Å²) < 4.78 is 27.8. The Morgan fingerprint density at radius 2 is 1.88 bits per heavy atom. The van der Waals surface area contributed by atoms with Crippen LogP contribution in [0, 0.1) is 21.4 Å². The monoisotopic (exact) mass is 559 g/mol. The first-order valence-electron chi connectivity index (χ1n) is 12.9. The van der Waals surface area contributed by atoms with Gasteiger partial charge in [-0.1, -0.05) is 44.0 Å². The quantitative estimate of drug-likeness (QED) is 0.101. The van der Waals surface area contributed by atoms with E-state index in [9.17, 15) is 20.2 Å². The highest BCUT2D eigenvalue weighted by Gasteiger charge is 2.32. The normalized spacial score (nSPS) is 13.8. The Labute approximate surface area is 236 Å². The van der Waals surface area contributed by atoms with Crippen LogP contribution in [0.2, 0.25) is 0 Å². The smallest absolute Gasteiger partial charge is 0.349 e. The van der Waals surface area contributed by atoms with Gasteiger partial charge in [0, 0.05) is 17.7 Å². The summed E-state index contributed by atoms with van der Waals surface area (Å²) in [6.07, 6.45) is 3.08. The second-order valence-electron chi connectivity index (χ2n) is 9.08. The summed E-state index contributed by atoms with van der Waals surface area (Å²) in [4.78, 5) is 23.0. The topological polar surface area (TPSA) is 156 Å². The lowest BCUT2D eigenvalue weighted by atomic mass is 9.83. The highest BCUT2D eigenvalue weighted by atomic mass is 16.6. The molecule has 3 aromatic carbocycles. The Morgan fingerprint density at radius 1 is 1.07 bits per heavy atom. The van der Waals surface area contributed by atoms with Crippen LogP contribution >= 0.6 is 0 Å². The lowest BCUT2D eigenvalue weighted by Gasteiger charge is -2.27. The zero-order chi connectivity index (χ0) is 29.4. The second kappa shape index (κ2) is 13.2. The number of nitriles is 1. The highest BCUT2D eigenvalue weighted by Crippen LogP contribution is 2.45. The van der Waals surface area contributed by atoms with E-state index < -0.39 is 23.4 Å². The van der Waals surface area contributed by atoms with Crippen molar-refractivity contribution < 1.29 is 33.4 Å². The molecule has 0 fully saturated rings. The van der Waals surface area contributed by atoms with Gasteiger partial charge in [0.05, 0.1) is 24.6 Å². The van der Waals surface area contributed by atoms with Crippen LogP contribution < -0.4 is 29.4 Å². The molecule has 1 heterocycles. The summed E-state index contributed by atoms with van der Waals surface area (Å²) in [5.74, 6) is 0.0744. The van der Waals surface area contributed by atoms with Gasteiger partial charge in [-0.15, -0.1) is 0 Å². The van der Waals surface area contributed by atoms with Crippen LogP contribution in [0.5, 0.6) is 28.7 Å². The molecule has 0 aromatic heterocycles. The minimum Gasteiger partial charge on any atom is -0.493 e. The third-order valence-electron chi connectivity index (χ3n) is 6.36. The molecular formula is C30H29N3O8. The lowest BCUT2D eigenvalue weighted by Crippen LogP contribution is -2.22. The Kier molecular flexibility index (Phi) is 9.27. The first-order valence-corrected chi connectivity index (χ1v) is 12.9. The van der Waals surface area contributed by atoms with E-state index in [4.69, 9.17) is 29.4 Å². The van der Waals surface area contributed by atoms with Crippen molar-refractivity contribution in [3.63, 3.8) is 0 Å². The minimum absolute atomic E-state index is 0.0548. The number of fused-ring (bicyclic) bond motifs is 1. The Morgan fingerprint density at radius 3 is 2.61 bits per heavy atom. The predicted octanol–water partition coefficient (Wildman–Crippen LogP) is 5.37. The molecule has 0 radical (unpaired) electrons. The molecule has 0 saturated carbocycles. The van der Waals surface area contributed by atoms with Gasteiger partial charge < -0.3 is 29.4 Å². The lowest BCUT2D eigenvalue weighted by molar-refractivity contribution is -0.385. The molecule has 0 amide bonds. The van der Waals surface area contributed by atoms with Crippen molar-refractivity contribution in [1.82, 2.24) is 0 Å². The largest absolute Gasteiger partial charge is 0.493 e. The van der Waals surface area contributed by atoms with Crippen LogP contribution in [0.25, 0.3) is 0 Å². The summed E-state index contributed by atoms with van der Waals surface area (Å²) >= 11 is 0. The van der Waals surface area contributed by atoms with Crippen LogP contribution in [-0.4, -0.2) is 31.2 Å². The average molecular weight is 560 g/mol. The molecule has 1 aliphatic heterocycles. The Bertz CT molecular complexity index is 1510. The number of rotatable bonds is 12. The maximum Gasteiger partial charge on any atom is 0.349 e. The number of hydrogen-bond acceptors (Lipinski definition) is 10. The van der Waals surface area contributed by atoms with Crippen LogP contribution in [0.3, 0.4) is 0 Å². The van der Waals surface area contributed by atoms with Crippen molar-refractivity contribution in [2.45, 2.75) is 32.1 Å². The van der Waals surface area contributed by atoms with E-state index >= 15 is 0 Å². The van der Waals surface area contributed by atoms with Gasteiger partial charge in [-0.3, -0.25) is 10.1 Å². The standard InChI is InChI=1S/C30H29N3O8/c1-3-4-7-14-38-25-13-10-19(15-27(25)37-2)29-21-12-11-20(16-26(21)41-30(32)22(29)17-31)40-28(34)18-39-24-9-6-5-8-23(24)33(35)36/h5-6,8-13,15-16,29H,3-4,7,14,18,32H2,1-2H3. The fourth-order valence-electron chi connectivity index (χ4n) is 4.39. The van der Waals surface area contributed by atoms with E-state index in [2.05, 4.69) is 13.0 Å². The molecule has 0 saturated heterocycles. The summed E-state index contributed by atoms with van der Waals surface area (Å²) in [5, 5.41) is 21.1. The fourth-order valence-corrected chi connectivity index (χ4v) is 4.39. The number of ether oxygens (including phenoxy) is 5. The van der Waals surface area contributed by atoms with Crippen LogP contribution in [0.15, 0.2) is 72.1 Å². The van der Waals surface area contributed by atoms with Gasteiger partial charge in [-0.05, 0) is 36.2 Å². The van der Waals surface area contributed by atoms with Crippen molar-refractivity contribution in [2.75, 3.05) is 20.3 Å². The van der Waals surface area contributed by atoms with E-state index in [-0.39, 0.29) is 28.6 Å². The van der Waals surface area contributed by atoms with Crippen molar-refractivity contribution in [1.29, 1.82) is 5.26 Å². The number of methoxy groups -OCH3 is 1. The summed E-state index contributed by atoms with van der Waals surface area (Å²) in [5.41, 5.74) is 7.44. The van der Waals surface area contributed by atoms with Crippen molar-refractivity contribution in [3.8, 4) is 34.8 Å². The van der Waals surface area contributed by atoms with Crippen molar-refractivity contribution in [2.24, 2.45) is 5.73 Å². The highest BCUT2D eigenvalue weighted by molar-refractivity contribution is 5.74. The van der Waals surface area contributed by atoms with Crippen LogP contribution in [0.4, 0.5) is 5.69 Å². The molecule has 0 bridgehead atoms. The van der Waals surface area contributed by atoms with Crippen molar-refractivity contribution in [3.05, 3.63) is 93.4 Å². The third-order valence-corrected chi connectivity index (χ3v) is 6.36. The SMILES string of the molecule is CCCCCOc1ccc(C2C(C#N)=C(N)Oc3cc(OC(=O)COc4ccccc4[N+](=O)[O-])ccc32)cc1OC. The van der Waals surface area contributed by atoms with Gasteiger partial charge >= 0.3 is 11.7 Å². The maximum atomic E-state index is 12.4. The minimum atomic E-state index is -0.782. The fraction of sp³-hybridized carbons (Fsp3) is 0.267. The molecule has 0 spiro atoms. The van der Waals surface area contributed by atoms with Gasteiger partial charge in [0.2, 0.25) is 5.88 Å². The maximum absolute atomic E-state index is 12.4. The van der Waals surface area contributed by atoms with Crippen LogP contribution in [-0.2, 0) is 4.79 Å². The number of esters is 1. The number of unbranched alkanes of at least 4 members (excludes halogenated alkanes) is 2. The van der Waals surface area contributed by atoms with Gasteiger partial charge in [0.25, 0.3) is 0 Å². The molecule has 2 N–H and O–H groups in total. The number of benzene rings is 3. The number of nitrogens with two attached hydrogens (primary N) is 1. The zero-order valence-electron chi connectivity index (χ0n) is 22.6. The molecule has 11 heteroatoms. The number of nitro benzene ring substituents is 1. The number of para-hydroxylation sites is 2. The predicted molar refractivity (Wildman–Crippen MR) is 148 cm³/mol. The number of allylic oxidation sites excluding steroid dienone is 1. The number of carbonyl (C=O) groups excluding carboxylic acids is 1. The number of hydrogen-bond donors (Lipinski definition) is 1. The zero-order valence-corrected chi connectivity index (χ0v) is 22.6. The summed E-state index contributed by atoms with van der Waals surface area (Å²) in [7, 11) is 1.55. The molecule has 1 aliphatic rings. The van der Waals surface area contributed by atoms with E-state index in [0.29, 0.717) is 29.4 Å². The molecule has 11 nitrogen and oxygen atoms in total. The molecule has 3 aromatic rings. The molecule has 1 atom stereocenters. The number of nitro groups is 1. The van der Waals surface area contributed by atoms with E-state index in [1.165, 1.54) is 24.3 Å². The first kappa shape index (κ1) is 28.8. The van der Waals surface area contributed by atoms with E-state index in [1.807, 2.05) is 6.07 Å². The summed E-state index contributed by atoms with van der Waals surface area (Å²) in [6.45, 7) is 2.13. The molecule has 212 valence electrons. The van der Waals surface area contributed by atoms with Gasteiger partial charge in [-0.25, -0.2) is 4.79 Å². The Hall–Kier alpha value is -5.24.